The maximum absolute atomic E-state index is 13.1. The molecule has 0 saturated heterocycles. The highest BCUT2D eigenvalue weighted by Gasteiger charge is 2.69. The van der Waals surface area contributed by atoms with E-state index in [1.807, 2.05) is 0 Å². The van der Waals surface area contributed by atoms with Crippen molar-refractivity contribution in [3.05, 3.63) is 0 Å². The van der Waals surface area contributed by atoms with Gasteiger partial charge in [0.05, 0.1) is 0 Å². The summed E-state index contributed by atoms with van der Waals surface area (Å²) in [6.07, 6.45) is -33.4. The highest BCUT2D eigenvalue weighted by molar-refractivity contribution is 5.85. The molecule has 0 aromatic carbocycles. The molecule has 0 spiro atoms. The minimum absolute atomic E-state index is 0.177. The molecule has 0 saturated carbocycles. The average molecular weight is 516 g/mol. The number of halogens is 14. The fourth-order valence-corrected chi connectivity index (χ4v) is 1.29. The van der Waals surface area contributed by atoms with Gasteiger partial charge in [-0.1, -0.05) is 0 Å². The Kier molecular flexibility index (Phi) is 8.36. The monoisotopic (exact) mass is 516 g/mol. The second kappa shape index (κ2) is 8.97. The van der Waals surface area contributed by atoms with Crippen LogP contribution in [0.15, 0.2) is 0 Å². The Bertz CT molecular complexity index is 634. The molecule has 0 aliphatic rings. The number of nitrogens with one attached hydrogen (secondary N) is 2. The first-order chi connectivity index (χ1) is 13.8. The molecule has 0 fully saturated rings. The molecule has 0 heterocycles. The third kappa shape index (κ3) is 7.44. The highest BCUT2D eigenvalue weighted by Crippen LogP contribution is 2.41. The summed E-state index contributed by atoms with van der Waals surface area (Å²) in [7, 11) is 0. The van der Waals surface area contributed by atoms with Crippen molar-refractivity contribution in [2.75, 3.05) is 0 Å². The molecule has 0 aliphatic heterocycles. The number of carbonyl (C=O) groups is 2. The van der Waals surface area contributed by atoms with Gasteiger partial charge in [0.15, 0.2) is 12.5 Å². The van der Waals surface area contributed by atoms with Crippen LogP contribution in [0.25, 0.3) is 0 Å². The summed E-state index contributed by atoms with van der Waals surface area (Å²) in [4.78, 5) is 21.9. The Labute approximate surface area is 164 Å². The summed E-state index contributed by atoms with van der Waals surface area (Å²) in [5.74, 6) is -20.2. The van der Waals surface area contributed by atoms with Gasteiger partial charge in [-0.3, -0.25) is 9.59 Å². The van der Waals surface area contributed by atoms with E-state index in [1.165, 1.54) is 0 Å². The minimum Gasteiger partial charge on any atom is -0.369 e. The molecule has 0 aromatic rings. The van der Waals surface area contributed by atoms with Crippen molar-refractivity contribution in [2.45, 2.75) is 49.2 Å². The number of aliphatic hydroxyl groups excluding tert-OH is 2. The molecule has 0 rings (SSSR count). The normalized spacial score (nSPS) is 16.4. The van der Waals surface area contributed by atoms with Gasteiger partial charge in [-0.15, -0.1) is 26.3 Å². The van der Waals surface area contributed by atoms with Gasteiger partial charge in [0, 0.05) is 0 Å². The lowest BCUT2D eigenvalue weighted by Gasteiger charge is -2.29. The van der Waals surface area contributed by atoms with Gasteiger partial charge in [0.25, 0.3) is 0 Å². The molecule has 2 unspecified atom stereocenters. The Morgan fingerprint density at radius 3 is 0.969 bits per heavy atom. The van der Waals surface area contributed by atoms with Crippen molar-refractivity contribution in [2.24, 2.45) is 0 Å². The van der Waals surface area contributed by atoms with Gasteiger partial charge in [0.1, 0.15) is 0 Å². The fourth-order valence-electron chi connectivity index (χ4n) is 1.29. The first kappa shape index (κ1) is 29.8. The van der Waals surface area contributed by atoms with Crippen molar-refractivity contribution < 1.29 is 90.7 Å². The fraction of sp³-hybridized carbons (Fsp3) is 0.800. The maximum atomic E-state index is 13.1. The van der Waals surface area contributed by atoms with E-state index in [4.69, 9.17) is 10.2 Å². The molecule has 8 nitrogen and oxygen atoms in total. The van der Waals surface area contributed by atoms with Crippen LogP contribution in [0, 0.1) is 0 Å². The van der Waals surface area contributed by atoms with Gasteiger partial charge >= 0.3 is 48.6 Å². The predicted molar refractivity (Wildman–Crippen MR) is 62.4 cm³/mol. The van der Waals surface area contributed by atoms with Gasteiger partial charge in [-0.2, -0.15) is 35.1 Å². The third-order valence-electron chi connectivity index (χ3n) is 2.65. The van der Waals surface area contributed by atoms with E-state index < -0.39 is 61.1 Å². The third-order valence-corrected chi connectivity index (χ3v) is 2.65. The second-order valence-corrected chi connectivity index (χ2v) is 5.11. The molecule has 0 radical (unpaired) electrons. The largest absolute Gasteiger partial charge is 0.527 e. The van der Waals surface area contributed by atoms with Crippen LogP contribution >= 0.6 is 0 Å². The molecular weight excluding hydrogens is 510 g/mol. The zero-order valence-electron chi connectivity index (χ0n) is 14.0. The molecule has 2 amide bonds. The average Bonchev–Trinajstić information content (AvgIpc) is 2.49. The minimum atomic E-state index is -6.66. The molecule has 2 atom stereocenters. The zero-order valence-corrected chi connectivity index (χ0v) is 14.0. The quantitative estimate of drug-likeness (QED) is 0.272. The number of amides is 2. The van der Waals surface area contributed by atoms with Crippen molar-refractivity contribution in [1.29, 1.82) is 0 Å². The van der Waals surface area contributed by atoms with Gasteiger partial charge in [-0.25, -0.2) is 9.47 Å². The summed E-state index contributed by atoms with van der Waals surface area (Å²) >= 11 is 0. The first-order valence-electron chi connectivity index (χ1n) is 6.80. The number of alkyl halides is 14. The lowest BCUT2D eigenvalue weighted by molar-refractivity contribution is -0.459. The van der Waals surface area contributed by atoms with E-state index in [-0.39, 0.29) is 10.6 Å². The van der Waals surface area contributed by atoms with Gasteiger partial charge < -0.3 is 20.8 Å². The molecule has 4 N–H and O–H groups in total. The predicted octanol–water partition coefficient (Wildman–Crippen LogP) is 1.38. The smallest absolute Gasteiger partial charge is 0.369 e. The van der Waals surface area contributed by atoms with Crippen LogP contribution in [0.4, 0.5) is 61.5 Å². The first-order valence-corrected chi connectivity index (χ1v) is 6.80. The zero-order chi connectivity index (χ0) is 26.1. The van der Waals surface area contributed by atoms with Crippen LogP contribution in [0.1, 0.15) is 0 Å². The number of hydrogen-bond acceptors (Lipinski definition) is 6. The topological polar surface area (TPSA) is 117 Å². The van der Waals surface area contributed by atoms with Crippen LogP contribution in [-0.2, 0) is 19.1 Å². The molecule has 22 heteroatoms. The Morgan fingerprint density at radius 2 is 0.781 bits per heavy atom. The lowest BCUT2D eigenvalue weighted by atomic mass is 10.2. The maximum Gasteiger partial charge on any atom is 0.527 e. The van der Waals surface area contributed by atoms with Crippen molar-refractivity contribution in [3.8, 4) is 0 Å². The van der Waals surface area contributed by atoms with Crippen LogP contribution in [0.5, 0.6) is 0 Å². The highest BCUT2D eigenvalue weighted by atomic mass is 19.4. The number of rotatable bonds is 9. The van der Waals surface area contributed by atoms with E-state index in [0.29, 0.717) is 0 Å². The number of aliphatic hydroxyl groups is 2. The molecule has 32 heavy (non-hydrogen) atoms. The van der Waals surface area contributed by atoms with Crippen LogP contribution in [0.3, 0.4) is 0 Å². The van der Waals surface area contributed by atoms with Crippen LogP contribution < -0.4 is 10.6 Å². The molecular formula is C10H6F14N2O6. The Balaban J connectivity index is 5.33. The van der Waals surface area contributed by atoms with Crippen molar-refractivity contribution in [3.63, 3.8) is 0 Å². The summed E-state index contributed by atoms with van der Waals surface area (Å²) in [6.45, 7) is 0. The van der Waals surface area contributed by atoms with E-state index >= 15 is 0 Å². The molecule has 0 aliphatic carbocycles. The Hall–Kier alpha value is -2.20. The van der Waals surface area contributed by atoms with Crippen molar-refractivity contribution >= 4 is 11.8 Å². The number of ether oxygens (including phenoxy) is 2. The van der Waals surface area contributed by atoms with Crippen molar-refractivity contribution in [1.82, 2.24) is 10.6 Å². The standard InChI is InChI=1S/C10H6F14N2O6/c11-5(12,7(15,16)31-9(19,20)21)3(29)25-1(27)2(28)26-4(30)6(13,14)8(17,18)32-10(22,23)24/h1-2,27-28H,(H,25,29)(H,26,30). The summed E-state index contributed by atoms with van der Waals surface area (Å²) in [5, 5.41) is 18.3. The summed E-state index contributed by atoms with van der Waals surface area (Å²) < 4.78 is 177. The second-order valence-electron chi connectivity index (χ2n) is 5.11. The number of hydrogen-bond donors (Lipinski definition) is 4. The van der Waals surface area contributed by atoms with Crippen LogP contribution in [0.2, 0.25) is 0 Å². The SMILES string of the molecule is O=C(NC(O)C(O)NC(=O)C(F)(F)C(F)(F)OC(F)(F)F)C(F)(F)C(F)(F)OC(F)(F)F. The summed E-state index contributed by atoms with van der Waals surface area (Å²) in [5.41, 5.74) is 0. The summed E-state index contributed by atoms with van der Waals surface area (Å²) in [6, 6.07) is 0. The van der Waals surface area contributed by atoms with E-state index in [0.717, 1.165) is 0 Å². The van der Waals surface area contributed by atoms with E-state index in [1.54, 1.807) is 9.47 Å². The van der Waals surface area contributed by atoms with Gasteiger partial charge in [0.2, 0.25) is 0 Å². The van der Waals surface area contributed by atoms with Crippen LogP contribution in [-0.4, -0.2) is 71.3 Å². The van der Waals surface area contributed by atoms with E-state index in [9.17, 15) is 71.1 Å². The molecule has 0 bridgehead atoms. The molecule has 190 valence electrons. The van der Waals surface area contributed by atoms with E-state index in [2.05, 4.69) is 0 Å². The Morgan fingerprint density at radius 1 is 0.562 bits per heavy atom. The molecule has 0 aromatic heterocycles. The number of carbonyl (C=O) groups excluding carboxylic acids is 2. The lowest BCUT2D eigenvalue weighted by Crippen LogP contribution is -2.63. The van der Waals surface area contributed by atoms with Gasteiger partial charge in [-0.05, 0) is 0 Å².